The van der Waals surface area contributed by atoms with Crippen LogP contribution in [0.25, 0.3) is 22.4 Å². The summed E-state index contributed by atoms with van der Waals surface area (Å²) in [6.45, 7) is 6.98. The third kappa shape index (κ3) is 6.05. The molecule has 1 aromatic carbocycles. The lowest BCUT2D eigenvalue weighted by Crippen LogP contribution is -2.26. The first-order valence-corrected chi connectivity index (χ1v) is 11.1. The molecule has 3 aromatic rings. The molecule has 2 aromatic heterocycles. The number of nitrogens with one attached hydrogen (secondary N) is 1. The maximum atomic E-state index is 11.9. The van der Waals surface area contributed by atoms with E-state index in [2.05, 4.69) is 39.1 Å². The molecule has 0 atom stereocenters. The minimum atomic E-state index is -0.553. The maximum Gasteiger partial charge on any atom is 0.412 e. The van der Waals surface area contributed by atoms with Gasteiger partial charge in [0, 0.05) is 30.2 Å². The second kappa shape index (κ2) is 11.1. The summed E-state index contributed by atoms with van der Waals surface area (Å²) in [4.78, 5) is 30.2. The van der Waals surface area contributed by atoms with Crippen molar-refractivity contribution >= 4 is 40.4 Å². The van der Waals surface area contributed by atoms with E-state index in [0.29, 0.717) is 22.0 Å². The lowest BCUT2D eigenvalue weighted by Gasteiger charge is -2.23. The van der Waals surface area contributed by atoms with Crippen LogP contribution >= 0.6 is 11.6 Å². The molecule has 8 nitrogen and oxygen atoms in total. The smallest absolute Gasteiger partial charge is 0.412 e. The van der Waals surface area contributed by atoms with Gasteiger partial charge in [-0.1, -0.05) is 30.7 Å². The normalized spacial score (nSPS) is 11.1. The Balaban J connectivity index is 1.98. The van der Waals surface area contributed by atoms with E-state index in [1.54, 1.807) is 13.1 Å². The van der Waals surface area contributed by atoms with Crippen molar-refractivity contribution in [3.05, 3.63) is 41.6 Å². The van der Waals surface area contributed by atoms with Crippen LogP contribution in [0.4, 0.5) is 16.3 Å². The Morgan fingerprint density at radius 3 is 2.56 bits per heavy atom. The van der Waals surface area contributed by atoms with Crippen molar-refractivity contribution < 1.29 is 9.53 Å². The number of anilines is 2. The molecule has 0 aliphatic carbocycles. The number of pyridine rings is 1. The summed E-state index contributed by atoms with van der Waals surface area (Å²) in [6.07, 6.45) is 2.10. The third-order valence-electron chi connectivity index (χ3n) is 5.13. The number of ether oxygens (including phenoxy) is 1. The van der Waals surface area contributed by atoms with Gasteiger partial charge < -0.3 is 14.5 Å². The van der Waals surface area contributed by atoms with Crippen molar-refractivity contribution in [2.75, 3.05) is 50.6 Å². The largest absolute Gasteiger partial charge is 0.450 e. The van der Waals surface area contributed by atoms with E-state index in [1.165, 1.54) is 0 Å². The van der Waals surface area contributed by atoms with E-state index in [1.807, 2.05) is 37.4 Å². The molecule has 1 amide bonds. The van der Waals surface area contributed by atoms with Crippen LogP contribution in [0.5, 0.6) is 0 Å². The van der Waals surface area contributed by atoms with Gasteiger partial charge in [0.25, 0.3) is 0 Å². The van der Waals surface area contributed by atoms with Gasteiger partial charge in [-0.25, -0.2) is 19.7 Å². The lowest BCUT2D eigenvalue weighted by molar-refractivity contribution is 0.168. The fourth-order valence-electron chi connectivity index (χ4n) is 3.22. The van der Waals surface area contributed by atoms with Crippen LogP contribution in [-0.2, 0) is 4.74 Å². The number of carbonyl (C=O) groups is 1. The van der Waals surface area contributed by atoms with Crippen LogP contribution in [0.3, 0.4) is 0 Å². The highest BCUT2D eigenvalue weighted by molar-refractivity contribution is 6.30. The Bertz CT molecular complexity index is 1060. The predicted octanol–water partition coefficient (Wildman–Crippen LogP) is 4.69. The fraction of sp³-hybridized carbons (Fsp3) is 0.391. The summed E-state index contributed by atoms with van der Waals surface area (Å²) in [6, 6.07) is 9.27. The van der Waals surface area contributed by atoms with Crippen molar-refractivity contribution in [1.29, 1.82) is 0 Å². The van der Waals surface area contributed by atoms with E-state index in [0.717, 1.165) is 43.0 Å². The van der Waals surface area contributed by atoms with Crippen molar-refractivity contribution in [2.24, 2.45) is 0 Å². The highest BCUT2D eigenvalue weighted by Crippen LogP contribution is 2.28. The van der Waals surface area contributed by atoms with E-state index < -0.39 is 6.09 Å². The molecule has 0 saturated carbocycles. The molecular weight excluding hydrogens is 428 g/mol. The van der Waals surface area contributed by atoms with Crippen LogP contribution < -0.4 is 10.2 Å². The van der Waals surface area contributed by atoms with Gasteiger partial charge >= 0.3 is 6.09 Å². The Labute approximate surface area is 193 Å². The number of fused-ring (bicyclic) bond motifs is 1. The molecule has 0 aliphatic rings. The maximum absolute atomic E-state index is 11.9. The monoisotopic (exact) mass is 456 g/mol. The molecular formula is C23H29ClN6O2. The zero-order valence-electron chi connectivity index (χ0n) is 18.9. The standard InChI is InChI=1S/C23H29ClN6O2/c1-5-29(3)12-7-13-30(4)19-14-20(28-23(31)32-6-2)27-22-21(19)26-18(15-25-22)16-8-10-17(24)11-9-16/h8-11,14-15H,5-7,12-13H2,1-4H3,(H,25,27,28,31). The van der Waals surface area contributed by atoms with Gasteiger partial charge in [0.1, 0.15) is 11.3 Å². The molecule has 9 heteroatoms. The molecule has 170 valence electrons. The lowest BCUT2D eigenvalue weighted by atomic mass is 10.1. The number of carbonyl (C=O) groups excluding carboxylic acids is 1. The molecule has 1 N–H and O–H groups in total. The number of halogens is 1. The number of hydrogen-bond donors (Lipinski definition) is 1. The average Bonchev–Trinajstić information content (AvgIpc) is 2.78. The summed E-state index contributed by atoms with van der Waals surface area (Å²) >= 11 is 6.02. The van der Waals surface area contributed by atoms with Crippen LogP contribution in [0, 0.1) is 0 Å². The molecule has 2 heterocycles. The summed E-state index contributed by atoms with van der Waals surface area (Å²) in [5.74, 6) is 0.372. The highest BCUT2D eigenvalue weighted by Gasteiger charge is 2.15. The highest BCUT2D eigenvalue weighted by atomic mass is 35.5. The third-order valence-corrected chi connectivity index (χ3v) is 5.38. The van der Waals surface area contributed by atoms with Gasteiger partial charge in [0.15, 0.2) is 5.65 Å². The minimum Gasteiger partial charge on any atom is -0.450 e. The number of benzene rings is 1. The minimum absolute atomic E-state index is 0.279. The van der Waals surface area contributed by atoms with E-state index >= 15 is 0 Å². The van der Waals surface area contributed by atoms with Gasteiger partial charge in [-0.05, 0) is 45.6 Å². The summed E-state index contributed by atoms with van der Waals surface area (Å²) in [7, 11) is 4.11. The SMILES string of the molecule is CCOC(=O)Nc1cc(N(C)CCCN(C)CC)c2nc(-c3ccc(Cl)cc3)cnc2n1. The zero-order valence-corrected chi connectivity index (χ0v) is 19.7. The van der Waals surface area contributed by atoms with E-state index in [-0.39, 0.29) is 6.61 Å². The second-order valence-electron chi connectivity index (χ2n) is 7.48. The molecule has 0 unspecified atom stereocenters. The number of aromatic nitrogens is 3. The van der Waals surface area contributed by atoms with Crippen LogP contribution in [0.2, 0.25) is 5.02 Å². The number of nitrogens with zero attached hydrogens (tertiary/aromatic N) is 5. The molecule has 0 bridgehead atoms. The quantitative estimate of drug-likeness (QED) is 0.500. The topological polar surface area (TPSA) is 83.5 Å². The summed E-state index contributed by atoms with van der Waals surface area (Å²) < 4.78 is 4.99. The Kier molecular flexibility index (Phi) is 8.19. The zero-order chi connectivity index (χ0) is 23.1. The van der Waals surface area contributed by atoms with Crippen molar-refractivity contribution in [3.63, 3.8) is 0 Å². The number of amides is 1. The Hall–Kier alpha value is -2.97. The van der Waals surface area contributed by atoms with Crippen LogP contribution in [0.1, 0.15) is 20.3 Å². The molecule has 0 spiro atoms. The van der Waals surface area contributed by atoms with Gasteiger partial charge in [-0.2, -0.15) is 0 Å². The molecule has 0 radical (unpaired) electrons. The molecule has 0 saturated heterocycles. The molecule has 0 fully saturated rings. The second-order valence-corrected chi connectivity index (χ2v) is 7.91. The number of hydrogen-bond acceptors (Lipinski definition) is 7. The predicted molar refractivity (Wildman–Crippen MR) is 129 cm³/mol. The van der Waals surface area contributed by atoms with Gasteiger partial charge in [0.05, 0.1) is 24.2 Å². The summed E-state index contributed by atoms with van der Waals surface area (Å²) in [5.41, 5.74) is 3.59. The van der Waals surface area contributed by atoms with Crippen molar-refractivity contribution in [3.8, 4) is 11.3 Å². The number of rotatable bonds is 9. The van der Waals surface area contributed by atoms with Crippen molar-refractivity contribution in [2.45, 2.75) is 20.3 Å². The van der Waals surface area contributed by atoms with Crippen LogP contribution in [-0.4, -0.2) is 66.3 Å². The Morgan fingerprint density at radius 1 is 1.12 bits per heavy atom. The van der Waals surface area contributed by atoms with Gasteiger partial charge in [0.2, 0.25) is 0 Å². The molecule has 0 aliphatic heterocycles. The van der Waals surface area contributed by atoms with E-state index in [9.17, 15) is 4.79 Å². The van der Waals surface area contributed by atoms with Gasteiger partial charge in [-0.3, -0.25) is 5.32 Å². The average molecular weight is 457 g/mol. The summed E-state index contributed by atoms with van der Waals surface area (Å²) in [5, 5.41) is 3.34. The fourth-order valence-corrected chi connectivity index (χ4v) is 3.35. The Morgan fingerprint density at radius 2 is 1.88 bits per heavy atom. The van der Waals surface area contributed by atoms with Crippen LogP contribution in [0.15, 0.2) is 36.5 Å². The first kappa shape index (κ1) is 23.7. The van der Waals surface area contributed by atoms with Crippen molar-refractivity contribution in [1.82, 2.24) is 19.9 Å². The first-order valence-electron chi connectivity index (χ1n) is 10.7. The molecule has 3 rings (SSSR count). The van der Waals surface area contributed by atoms with E-state index in [4.69, 9.17) is 21.3 Å². The first-order chi connectivity index (χ1) is 15.4. The van der Waals surface area contributed by atoms with Gasteiger partial charge in [-0.15, -0.1) is 0 Å². The molecule has 32 heavy (non-hydrogen) atoms.